The molecule has 0 saturated carbocycles. The van der Waals surface area contributed by atoms with Gasteiger partial charge in [0.1, 0.15) is 11.6 Å². The summed E-state index contributed by atoms with van der Waals surface area (Å²) in [5, 5.41) is 10.2. The molecule has 0 aliphatic rings. The molecule has 8 heteroatoms. The molecule has 2 unspecified atom stereocenters. The molecule has 0 N–H and O–H groups in total. The lowest BCUT2D eigenvalue weighted by atomic mass is 10.0. The van der Waals surface area contributed by atoms with Gasteiger partial charge in [-0.25, -0.2) is 9.59 Å². The van der Waals surface area contributed by atoms with Crippen molar-refractivity contribution >= 4 is 17.7 Å². The number of para-hydroxylation sites is 1. The Morgan fingerprint density at radius 2 is 1.74 bits per heavy atom. The summed E-state index contributed by atoms with van der Waals surface area (Å²) in [5.41, 5.74) is 0.301. The number of nitrogens with zero attached hydrogens (tertiary/aromatic N) is 2. The number of ether oxygens (including phenoxy) is 2. The van der Waals surface area contributed by atoms with Crippen molar-refractivity contribution in [2.75, 3.05) is 13.7 Å². The minimum atomic E-state index is -0.589. The van der Waals surface area contributed by atoms with Crippen LogP contribution in [0.1, 0.15) is 66.4 Å². The molecule has 0 spiro atoms. The van der Waals surface area contributed by atoms with E-state index in [1.165, 1.54) is 18.1 Å². The fraction of sp³-hybridized carbons (Fsp3) is 0.652. The van der Waals surface area contributed by atoms with Gasteiger partial charge in [0, 0.05) is 18.2 Å². The maximum absolute atomic E-state index is 12.4. The van der Waals surface area contributed by atoms with Crippen LogP contribution in [0, 0.1) is 23.0 Å². The second-order valence-corrected chi connectivity index (χ2v) is 8.47. The van der Waals surface area contributed by atoms with Gasteiger partial charge in [-0.15, -0.1) is 0 Å². The van der Waals surface area contributed by atoms with Crippen molar-refractivity contribution in [2.24, 2.45) is 5.92 Å². The zero-order valence-electron chi connectivity index (χ0n) is 20.1. The molecular weight excluding hydrogens is 400 g/mol. The van der Waals surface area contributed by atoms with Gasteiger partial charge >= 0.3 is 12.1 Å². The van der Waals surface area contributed by atoms with E-state index < -0.39 is 23.7 Å². The molecule has 0 aliphatic heterocycles. The molecule has 0 heterocycles. The van der Waals surface area contributed by atoms with Crippen molar-refractivity contribution in [2.45, 2.75) is 79.4 Å². The zero-order chi connectivity index (χ0) is 24.2. The van der Waals surface area contributed by atoms with Gasteiger partial charge in [0.15, 0.2) is 0 Å². The molecule has 2 atom stereocenters. The standard InChI is InChI=1S/C16H31NO4.C7H7NO2/c1-8-12(3)10-11-17(13(9-2)14(18)20-7)15(19)21-16(4,5)6;1-6-4-2-3-5-7(6)8(9)10/h12-13H,8-11H2,1-7H3;2-5H,1H3. The number of hydrogen-bond acceptors (Lipinski definition) is 6. The molecule has 0 fully saturated rings. The lowest BCUT2D eigenvalue weighted by Gasteiger charge is -2.32. The average molecular weight is 439 g/mol. The summed E-state index contributed by atoms with van der Waals surface area (Å²) in [4.78, 5) is 35.6. The zero-order valence-corrected chi connectivity index (χ0v) is 20.1. The third-order valence-electron chi connectivity index (χ3n) is 4.74. The third-order valence-corrected chi connectivity index (χ3v) is 4.74. The van der Waals surface area contributed by atoms with E-state index in [9.17, 15) is 19.7 Å². The van der Waals surface area contributed by atoms with Gasteiger partial charge in [-0.3, -0.25) is 15.0 Å². The van der Waals surface area contributed by atoms with Crippen LogP contribution >= 0.6 is 0 Å². The summed E-state index contributed by atoms with van der Waals surface area (Å²) < 4.78 is 10.2. The van der Waals surface area contributed by atoms with Gasteiger partial charge in [-0.2, -0.15) is 0 Å². The van der Waals surface area contributed by atoms with Crippen molar-refractivity contribution in [1.29, 1.82) is 0 Å². The first-order valence-corrected chi connectivity index (χ1v) is 10.6. The number of benzene rings is 1. The number of methoxy groups -OCH3 is 1. The Bertz CT molecular complexity index is 714. The smallest absolute Gasteiger partial charge is 0.411 e. The second kappa shape index (κ2) is 13.6. The van der Waals surface area contributed by atoms with Crippen LogP contribution in [0.2, 0.25) is 0 Å². The number of esters is 1. The molecule has 0 radical (unpaired) electrons. The quantitative estimate of drug-likeness (QED) is 0.301. The Hall–Kier alpha value is -2.64. The highest BCUT2D eigenvalue weighted by molar-refractivity contribution is 5.81. The van der Waals surface area contributed by atoms with Crippen LogP contribution in [0.15, 0.2) is 24.3 Å². The van der Waals surface area contributed by atoms with E-state index in [0.29, 0.717) is 24.4 Å². The summed E-state index contributed by atoms with van der Waals surface area (Å²) in [6, 6.07) is 6.06. The number of aryl methyl sites for hydroxylation is 1. The molecule has 0 bridgehead atoms. The minimum Gasteiger partial charge on any atom is -0.467 e. The highest BCUT2D eigenvalue weighted by Gasteiger charge is 2.32. The fourth-order valence-electron chi connectivity index (χ4n) is 2.68. The van der Waals surface area contributed by atoms with Crippen LogP contribution in [0.5, 0.6) is 0 Å². The summed E-state index contributed by atoms with van der Waals surface area (Å²) in [5.74, 6) is 0.0950. The van der Waals surface area contributed by atoms with Gasteiger partial charge in [0.05, 0.1) is 12.0 Å². The van der Waals surface area contributed by atoms with E-state index in [0.717, 1.165) is 12.8 Å². The van der Waals surface area contributed by atoms with Crippen molar-refractivity contribution in [3.8, 4) is 0 Å². The Morgan fingerprint density at radius 3 is 2.13 bits per heavy atom. The van der Waals surface area contributed by atoms with Gasteiger partial charge in [-0.05, 0) is 46.5 Å². The number of nitro groups is 1. The lowest BCUT2D eigenvalue weighted by Crippen LogP contribution is -2.48. The number of carbonyl (C=O) groups is 2. The van der Waals surface area contributed by atoms with Crippen molar-refractivity contribution < 1.29 is 24.0 Å². The maximum atomic E-state index is 12.4. The van der Waals surface area contributed by atoms with Crippen LogP contribution in [0.3, 0.4) is 0 Å². The van der Waals surface area contributed by atoms with E-state index >= 15 is 0 Å². The maximum Gasteiger partial charge on any atom is 0.411 e. The van der Waals surface area contributed by atoms with Crippen LogP contribution in [-0.2, 0) is 14.3 Å². The lowest BCUT2D eigenvalue weighted by molar-refractivity contribution is -0.385. The summed E-state index contributed by atoms with van der Waals surface area (Å²) in [6.07, 6.45) is 1.93. The predicted molar refractivity (Wildman–Crippen MR) is 121 cm³/mol. The van der Waals surface area contributed by atoms with E-state index in [1.54, 1.807) is 25.1 Å². The highest BCUT2D eigenvalue weighted by Crippen LogP contribution is 2.17. The van der Waals surface area contributed by atoms with E-state index in [2.05, 4.69) is 13.8 Å². The Balaban J connectivity index is 0.000000743. The van der Waals surface area contributed by atoms with Gasteiger partial charge < -0.3 is 9.47 Å². The van der Waals surface area contributed by atoms with Crippen molar-refractivity contribution in [1.82, 2.24) is 4.90 Å². The first-order chi connectivity index (χ1) is 14.4. The van der Waals surface area contributed by atoms with Crippen molar-refractivity contribution in [3.63, 3.8) is 0 Å². The molecule has 31 heavy (non-hydrogen) atoms. The molecule has 1 aromatic carbocycles. The number of nitro benzene ring substituents is 1. The molecule has 176 valence electrons. The molecule has 8 nitrogen and oxygen atoms in total. The molecule has 1 aromatic rings. The van der Waals surface area contributed by atoms with Crippen molar-refractivity contribution in [3.05, 3.63) is 39.9 Å². The monoisotopic (exact) mass is 438 g/mol. The van der Waals surface area contributed by atoms with E-state index in [-0.39, 0.29) is 10.6 Å². The third kappa shape index (κ3) is 10.8. The van der Waals surface area contributed by atoms with Gasteiger partial charge in [-0.1, -0.05) is 45.4 Å². The highest BCUT2D eigenvalue weighted by atomic mass is 16.6. The number of carbonyl (C=O) groups excluding carboxylic acids is 2. The van der Waals surface area contributed by atoms with Crippen LogP contribution in [-0.4, -0.2) is 47.2 Å². The SMILES string of the molecule is CCC(C)CCN(C(=O)OC(C)(C)C)C(CC)C(=O)OC.Cc1ccccc1[N+](=O)[O-]. The average Bonchev–Trinajstić information content (AvgIpc) is 2.69. The summed E-state index contributed by atoms with van der Waals surface area (Å²) in [7, 11) is 1.34. The molecule has 0 aromatic heterocycles. The number of rotatable bonds is 8. The molecule has 1 amide bonds. The van der Waals surface area contributed by atoms with Crippen LogP contribution < -0.4 is 0 Å². The Morgan fingerprint density at radius 1 is 1.16 bits per heavy atom. The molecular formula is C23H38N2O6. The molecule has 0 saturated heterocycles. The minimum absolute atomic E-state index is 0.183. The number of amides is 1. The van der Waals surface area contributed by atoms with E-state index in [4.69, 9.17) is 9.47 Å². The first kappa shape index (κ1) is 28.4. The Labute approximate surface area is 186 Å². The second-order valence-electron chi connectivity index (χ2n) is 8.47. The largest absolute Gasteiger partial charge is 0.467 e. The molecule has 1 rings (SSSR count). The van der Waals surface area contributed by atoms with Gasteiger partial charge in [0.2, 0.25) is 0 Å². The van der Waals surface area contributed by atoms with Crippen LogP contribution in [0.4, 0.5) is 10.5 Å². The topological polar surface area (TPSA) is 99.0 Å². The van der Waals surface area contributed by atoms with E-state index in [1.807, 2.05) is 27.7 Å². The Kier molecular flexibility index (Phi) is 12.5. The number of hydrogen-bond donors (Lipinski definition) is 0. The normalized spacial score (nSPS) is 12.6. The summed E-state index contributed by atoms with van der Waals surface area (Å²) in [6.45, 7) is 13.8. The molecule has 0 aliphatic carbocycles. The fourth-order valence-corrected chi connectivity index (χ4v) is 2.68. The summed E-state index contributed by atoms with van der Waals surface area (Å²) >= 11 is 0. The predicted octanol–water partition coefficient (Wildman–Crippen LogP) is 5.51. The van der Waals surface area contributed by atoms with Gasteiger partial charge in [0.25, 0.3) is 5.69 Å². The van der Waals surface area contributed by atoms with Crippen LogP contribution in [0.25, 0.3) is 0 Å². The first-order valence-electron chi connectivity index (χ1n) is 10.6.